The van der Waals surface area contributed by atoms with E-state index < -0.39 is 28.5 Å². The predicted molar refractivity (Wildman–Crippen MR) is 154 cm³/mol. The third kappa shape index (κ3) is 7.23. The second-order valence-corrected chi connectivity index (χ2v) is 11.7. The molecule has 2 amide bonds. The fourth-order valence-corrected chi connectivity index (χ4v) is 5.64. The number of hydrogen-bond donors (Lipinski definition) is 1. The first-order valence-corrected chi connectivity index (χ1v) is 14.4. The van der Waals surface area contributed by atoms with Crippen molar-refractivity contribution in [3.8, 4) is 11.5 Å². The molecule has 1 unspecified atom stereocenters. The Morgan fingerprint density at radius 3 is 2.15 bits per heavy atom. The van der Waals surface area contributed by atoms with Gasteiger partial charge in [-0.25, -0.2) is 8.42 Å². The fraction of sp³-hybridized carbons (Fsp3) is 0.259. The zero-order valence-electron chi connectivity index (χ0n) is 21.9. The SMILES string of the molecule is CNC(=O)C(C)N(Cc1ccc(Br)cc1)C(=O)CN(c1ccc(Cl)cc1)S(=O)(=O)c1ccc(OC)c(OC)c1. The predicted octanol–water partition coefficient (Wildman–Crippen LogP) is 4.48. The number of anilines is 1. The van der Waals surface area contributed by atoms with Crippen LogP contribution < -0.4 is 19.1 Å². The molecular weight excluding hydrogens is 610 g/mol. The van der Waals surface area contributed by atoms with E-state index in [0.717, 1.165) is 14.3 Å². The van der Waals surface area contributed by atoms with Crippen molar-refractivity contribution in [1.82, 2.24) is 10.2 Å². The van der Waals surface area contributed by atoms with Gasteiger partial charge < -0.3 is 19.7 Å². The van der Waals surface area contributed by atoms with E-state index in [1.54, 1.807) is 6.92 Å². The Labute approximate surface area is 241 Å². The number of ether oxygens (including phenoxy) is 2. The summed E-state index contributed by atoms with van der Waals surface area (Å²) in [4.78, 5) is 27.6. The molecule has 0 spiro atoms. The van der Waals surface area contributed by atoms with Crippen LogP contribution in [0.25, 0.3) is 0 Å². The molecule has 3 rings (SSSR count). The average Bonchev–Trinajstić information content (AvgIpc) is 2.94. The van der Waals surface area contributed by atoms with Gasteiger partial charge >= 0.3 is 0 Å². The molecule has 0 aromatic heterocycles. The molecule has 208 valence electrons. The quantitative estimate of drug-likeness (QED) is 0.332. The lowest BCUT2D eigenvalue weighted by atomic mass is 10.1. The summed E-state index contributed by atoms with van der Waals surface area (Å²) in [6.07, 6.45) is 0. The molecule has 9 nitrogen and oxygen atoms in total. The van der Waals surface area contributed by atoms with Crippen LogP contribution in [0.3, 0.4) is 0 Å². The van der Waals surface area contributed by atoms with E-state index in [1.165, 1.54) is 68.6 Å². The highest BCUT2D eigenvalue weighted by Gasteiger charge is 2.32. The van der Waals surface area contributed by atoms with Gasteiger partial charge in [-0.05, 0) is 61.0 Å². The number of benzene rings is 3. The summed E-state index contributed by atoms with van der Waals surface area (Å²) < 4.78 is 40.2. The summed E-state index contributed by atoms with van der Waals surface area (Å²) in [7, 11) is 0.0327. The summed E-state index contributed by atoms with van der Waals surface area (Å²) in [5.74, 6) is -0.397. The summed E-state index contributed by atoms with van der Waals surface area (Å²) in [5.41, 5.74) is 0.988. The van der Waals surface area contributed by atoms with E-state index in [2.05, 4.69) is 21.2 Å². The van der Waals surface area contributed by atoms with Crippen LogP contribution in [0.5, 0.6) is 11.5 Å². The first-order valence-electron chi connectivity index (χ1n) is 11.8. The number of methoxy groups -OCH3 is 2. The Morgan fingerprint density at radius 2 is 1.59 bits per heavy atom. The number of carbonyl (C=O) groups is 2. The maximum Gasteiger partial charge on any atom is 0.264 e. The van der Waals surface area contributed by atoms with Gasteiger partial charge in [-0.3, -0.25) is 13.9 Å². The molecule has 0 heterocycles. The third-order valence-corrected chi connectivity index (χ3v) is 8.57. The lowest BCUT2D eigenvalue weighted by Crippen LogP contribution is -2.50. The molecule has 0 aliphatic carbocycles. The van der Waals surface area contributed by atoms with Gasteiger partial charge in [-0.15, -0.1) is 0 Å². The number of nitrogens with one attached hydrogen (secondary N) is 1. The molecule has 0 radical (unpaired) electrons. The average molecular weight is 639 g/mol. The lowest BCUT2D eigenvalue weighted by Gasteiger charge is -2.31. The van der Waals surface area contributed by atoms with Gasteiger partial charge in [0.1, 0.15) is 12.6 Å². The van der Waals surface area contributed by atoms with Crippen molar-refractivity contribution in [3.05, 3.63) is 81.8 Å². The van der Waals surface area contributed by atoms with Gasteiger partial charge in [0.05, 0.1) is 24.8 Å². The fourth-order valence-electron chi connectivity index (χ4n) is 3.82. The highest BCUT2D eigenvalue weighted by Crippen LogP contribution is 2.32. The van der Waals surface area contributed by atoms with Crippen LogP contribution >= 0.6 is 27.5 Å². The molecule has 1 N–H and O–H groups in total. The lowest BCUT2D eigenvalue weighted by molar-refractivity contribution is -0.139. The molecule has 0 aliphatic heterocycles. The number of sulfonamides is 1. The van der Waals surface area contributed by atoms with Crippen LogP contribution in [0, 0.1) is 0 Å². The normalized spacial score (nSPS) is 11.8. The van der Waals surface area contributed by atoms with Gasteiger partial charge in [0.25, 0.3) is 10.0 Å². The summed E-state index contributed by atoms with van der Waals surface area (Å²) in [5, 5.41) is 2.95. The van der Waals surface area contributed by atoms with Crippen LogP contribution in [0.15, 0.2) is 76.1 Å². The van der Waals surface area contributed by atoms with Gasteiger partial charge in [0.15, 0.2) is 11.5 Å². The number of hydrogen-bond acceptors (Lipinski definition) is 6. The minimum absolute atomic E-state index is 0.0889. The Hall–Kier alpha value is -3.28. The first kappa shape index (κ1) is 30.3. The number of nitrogens with zero attached hydrogens (tertiary/aromatic N) is 2. The molecule has 0 bridgehead atoms. The highest BCUT2D eigenvalue weighted by molar-refractivity contribution is 9.10. The van der Waals surface area contributed by atoms with Gasteiger partial charge in [-0.2, -0.15) is 0 Å². The van der Waals surface area contributed by atoms with E-state index in [9.17, 15) is 18.0 Å². The van der Waals surface area contributed by atoms with Crippen molar-refractivity contribution in [2.75, 3.05) is 32.1 Å². The van der Waals surface area contributed by atoms with E-state index in [-0.39, 0.29) is 28.8 Å². The third-order valence-electron chi connectivity index (χ3n) is 6.02. The molecule has 0 aliphatic rings. The zero-order chi connectivity index (χ0) is 28.7. The van der Waals surface area contributed by atoms with Crippen molar-refractivity contribution in [3.63, 3.8) is 0 Å². The van der Waals surface area contributed by atoms with Gasteiger partial charge in [0, 0.05) is 29.2 Å². The number of carbonyl (C=O) groups excluding carboxylic acids is 2. The Balaban J connectivity index is 2.06. The summed E-state index contributed by atoms with van der Waals surface area (Å²) >= 11 is 9.44. The Kier molecular flexibility index (Phi) is 10.2. The smallest absolute Gasteiger partial charge is 0.264 e. The number of rotatable bonds is 11. The second kappa shape index (κ2) is 13.2. The minimum atomic E-state index is -4.28. The van der Waals surface area contributed by atoms with Crippen LogP contribution in [0.2, 0.25) is 5.02 Å². The Bertz CT molecular complexity index is 1420. The van der Waals surface area contributed by atoms with Crippen LogP contribution in [-0.2, 0) is 26.2 Å². The maximum atomic E-state index is 13.9. The standard InChI is InChI=1S/C27H29BrClN3O6S/c1-18(27(34)30-2)31(16-19-5-7-20(28)8-6-19)26(33)17-32(22-11-9-21(29)10-12-22)39(35,36)23-13-14-24(37-3)25(15-23)38-4/h5-15,18H,16-17H2,1-4H3,(H,30,34). The van der Waals surface area contributed by atoms with Crippen LogP contribution in [0.4, 0.5) is 5.69 Å². The number of likely N-dealkylation sites (N-methyl/N-ethyl adjacent to an activating group) is 1. The minimum Gasteiger partial charge on any atom is -0.493 e. The van der Waals surface area contributed by atoms with E-state index in [4.69, 9.17) is 21.1 Å². The van der Waals surface area contributed by atoms with Crippen molar-refractivity contribution in [2.24, 2.45) is 0 Å². The molecule has 3 aromatic rings. The van der Waals surface area contributed by atoms with Crippen LogP contribution in [-0.4, -0.2) is 59.0 Å². The molecule has 12 heteroatoms. The summed E-state index contributed by atoms with van der Waals surface area (Å²) in [6, 6.07) is 16.7. The van der Waals surface area contributed by atoms with Crippen LogP contribution in [0.1, 0.15) is 12.5 Å². The number of amides is 2. The molecule has 0 saturated heterocycles. The zero-order valence-corrected chi connectivity index (χ0v) is 25.0. The van der Waals surface area contributed by atoms with Gasteiger partial charge in [-0.1, -0.05) is 39.7 Å². The molecule has 39 heavy (non-hydrogen) atoms. The molecular formula is C27H29BrClN3O6S. The molecule has 0 saturated carbocycles. The van der Waals surface area contributed by atoms with E-state index in [1.807, 2.05) is 24.3 Å². The Morgan fingerprint density at radius 1 is 0.974 bits per heavy atom. The highest BCUT2D eigenvalue weighted by atomic mass is 79.9. The van der Waals surface area contributed by atoms with Crippen molar-refractivity contribution in [1.29, 1.82) is 0 Å². The largest absolute Gasteiger partial charge is 0.493 e. The second-order valence-electron chi connectivity index (χ2n) is 8.44. The van der Waals surface area contributed by atoms with Crippen molar-refractivity contribution < 1.29 is 27.5 Å². The van der Waals surface area contributed by atoms with Crippen molar-refractivity contribution in [2.45, 2.75) is 24.4 Å². The van der Waals surface area contributed by atoms with Crippen molar-refractivity contribution >= 4 is 55.1 Å². The van der Waals surface area contributed by atoms with E-state index in [0.29, 0.717) is 10.8 Å². The molecule has 0 fully saturated rings. The van der Waals surface area contributed by atoms with Gasteiger partial charge in [0.2, 0.25) is 11.8 Å². The monoisotopic (exact) mass is 637 g/mol. The first-order chi connectivity index (χ1) is 18.5. The topological polar surface area (TPSA) is 105 Å². The number of halogens is 2. The maximum absolute atomic E-state index is 13.9. The molecule has 3 aromatic carbocycles. The van der Waals surface area contributed by atoms with E-state index >= 15 is 0 Å². The summed E-state index contributed by atoms with van der Waals surface area (Å²) in [6.45, 7) is 1.10. The molecule has 1 atom stereocenters.